The van der Waals surface area contributed by atoms with Gasteiger partial charge in [-0.05, 0) is 38.3 Å². The van der Waals surface area contributed by atoms with Crippen molar-refractivity contribution in [2.75, 3.05) is 18.5 Å². The average molecular weight is 343 g/mol. The molecule has 1 saturated heterocycles. The van der Waals surface area contributed by atoms with Crippen LogP contribution in [0.1, 0.15) is 24.3 Å². The number of urea groups is 1. The van der Waals surface area contributed by atoms with Gasteiger partial charge in [-0.3, -0.25) is 0 Å². The minimum Gasteiger partial charge on any atom is -0.374 e. The second-order valence-electron chi connectivity index (χ2n) is 6.36. The monoisotopic (exact) mass is 343 g/mol. The smallest absolute Gasteiger partial charge is 0.322 e. The van der Waals surface area contributed by atoms with E-state index >= 15 is 0 Å². The van der Waals surface area contributed by atoms with E-state index in [4.69, 9.17) is 4.74 Å². The van der Waals surface area contributed by atoms with E-state index in [1.54, 1.807) is 11.3 Å². The highest BCUT2D eigenvalue weighted by Gasteiger charge is 2.38. The van der Waals surface area contributed by atoms with E-state index in [0.29, 0.717) is 13.2 Å². The van der Waals surface area contributed by atoms with Gasteiger partial charge in [0.05, 0.1) is 29.5 Å². The van der Waals surface area contributed by atoms with Crippen LogP contribution in [-0.4, -0.2) is 41.2 Å². The number of rotatable bonds is 2. The number of carbonyl (C=O) groups excluding carboxylic acids is 1. The van der Waals surface area contributed by atoms with Crippen LogP contribution in [-0.2, 0) is 4.74 Å². The summed E-state index contributed by atoms with van der Waals surface area (Å²) in [5.74, 6) is 0. The van der Waals surface area contributed by atoms with Gasteiger partial charge in [0, 0.05) is 23.2 Å². The highest BCUT2D eigenvalue weighted by molar-refractivity contribution is 7.09. The van der Waals surface area contributed by atoms with Crippen molar-refractivity contribution >= 4 is 23.1 Å². The maximum atomic E-state index is 12.6. The largest absolute Gasteiger partial charge is 0.374 e. The van der Waals surface area contributed by atoms with E-state index < -0.39 is 0 Å². The third-order valence-electron chi connectivity index (χ3n) is 4.79. The van der Waals surface area contributed by atoms with Gasteiger partial charge in [0.2, 0.25) is 0 Å². The van der Waals surface area contributed by atoms with Gasteiger partial charge in [-0.15, -0.1) is 11.3 Å². The highest BCUT2D eigenvalue weighted by Crippen LogP contribution is 2.30. The molecule has 4 rings (SSSR count). The van der Waals surface area contributed by atoms with Crippen LogP contribution >= 0.6 is 11.3 Å². The SMILES string of the molecule is Cc1nc(-c2ccc(NC(=O)N3CCO[C@H]4CCC[C@@H]43)cc2)cs1. The second-order valence-corrected chi connectivity index (χ2v) is 7.42. The Morgan fingerprint density at radius 3 is 2.92 bits per heavy atom. The van der Waals surface area contributed by atoms with E-state index in [0.717, 1.165) is 41.2 Å². The molecular formula is C18H21N3O2S. The number of amides is 2. The summed E-state index contributed by atoms with van der Waals surface area (Å²) in [7, 11) is 0. The standard InChI is InChI=1S/C18H21N3O2S/c1-12-19-15(11-24-12)13-5-7-14(8-6-13)20-18(22)21-9-10-23-17-4-2-3-16(17)21/h5-8,11,16-17H,2-4,9-10H2,1H3,(H,20,22)/t16-,17-/m0/s1. The molecule has 1 aliphatic carbocycles. The topological polar surface area (TPSA) is 54.5 Å². The van der Waals surface area contributed by atoms with Gasteiger partial charge in [0.25, 0.3) is 0 Å². The third-order valence-corrected chi connectivity index (χ3v) is 5.57. The highest BCUT2D eigenvalue weighted by atomic mass is 32.1. The van der Waals surface area contributed by atoms with Gasteiger partial charge in [0.1, 0.15) is 0 Å². The number of aryl methyl sites for hydroxylation is 1. The van der Waals surface area contributed by atoms with Crippen LogP contribution in [0.5, 0.6) is 0 Å². The number of fused-ring (bicyclic) bond motifs is 1. The van der Waals surface area contributed by atoms with Crippen LogP contribution < -0.4 is 5.32 Å². The minimum atomic E-state index is -0.0209. The first-order valence-electron chi connectivity index (χ1n) is 8.42. The summed E-state index contributed by atoms with van der Waals surface area (Å²) < 4.78 is 5.77. The van der Waals surface area contributed by atoms with Crippen molar-refractivity contribution in [3.8, 4) is 11.3 Å². The lowest BCUT2D eigenvalue weighted by molar-refractivity contribution is -0.0362. The molecule has 5 nitrogen and oxygen atoms in total. The summed E-state index contributed by atoms with van der Waals surface area (Å²) >= 11 is 1.64. The van der Waals surface area contributed by atoms with Crippen molar-refractivity contribution < 1.29 is 9.53 Å². The Labute approximate surface area is 145 Å². The number of nitrogens with zero attached hydrogens (tertiary/aromatic N) is 2. The Morgan fingerprint density at radius 2 is 2.17 bits per heavy atom. The van der Waals surface area contributed by atoms with Crippen molar-refractivity contribution in [1.82, 2.24) is 9.88 Å². The van der Waals surface area contributed by atoms with Gasteiger partial charge >= 0.3 is 6.03 Å². The van der Waals surface area contributed by atoms with Crippen LogP contribution in [0.3, 0.4) is 0 Å². The maximum absolute atomic E-state index is 12.6. The van der Waals surface area contributed by atoms with Gasteiger partial charge in [-0.25, -0.2) is 9.78 Å². The molecule has 2 amide bonds. The number of aromatic nitrogens is 1. The Bertz CT molecular complexity index is 728. The van der Waals surface area contributed by atoms with Crippen LogP contribution in [0.4, 0.5) is 10.5 Å². The number of morpholine rings is 1. The molecule has 1 aliphatic heterocycles. The fourth-order valence-electron chi connectivity index (χ4n) is 3.59. The van der Waals surface area contributed by atoms with Gasteiger partial charge in [-0.2, -0.15) is 0 Å². The molecule has 0 radical (unpaired) electrons. The normalized spacial score (nSPS) is 23.1. The molecule has 0 bridgehead atoms. The molecule has 2 atom stereocenters. The van der Waals surface area contributed by atoms with E-state index in [-0.39, 0.29) is 18.2 Å². The third kappa shape index (κ3) is 3.03. The summed E-state index contributed by atoms with van der Waals surface area (Å²) in [6, 6.07) is 8.09. The Hall–Kier alpha value is -1.92. The molecule has 1 aromatic heterocycles. The number of carbonyl (C=O) groups is 1. The number of hydrogen-bond acceptors (Lipinski definition) is 4. The summed E-state index contributed by atoms with van der Waals surface area (Å²) in [4.78, 5) is 19.1. The molecule has 2 aliphatic rings. The van der Waals surface area contributed by atoms with E-state index in [9.17, 15) is 4.79 Å². The summed E-state index contributed by atoms with van der Waals surface area (Å²) in [5, 5.41) is 6.13. The molecule has 6 heteroatoms. The zero-order chi connectivity index (χ0) is 16.5. The number of nitrogens with one attached hydrogen (secondary N) is 1. The van der Waals surface area contributed by atoms with Crippen LogP contribution in [0.2, 0.25) is 0 Å². The molecule has 1 N–H and O–H groups in total. The molecule has 1 saturated carbocycles. The molecule has 2 heterocycles. The zero-order valence-corrected chi connectivity index (χ0v) is 14.5. The number of anilines is 1. The lowest BCUT2D eigenvalue weighted by atomic mass is 10.1. The molecule has 2 fully saturated rings. The summed E-state index contributed by atoms with van der Waals surface area (Å²) in [6.07, 6.45) is 3.47. The van der Waals surface area contributed by atoms with Crippen molar-refractivity contribution in [3.63, 3.8) is 0 Å². The van der Waals surface area contributed by atoms with Crippen molar-refractivity contribution in [1.29, 1.82) is 0 Å². The first-order valence-corrected chi connectivity index (χ1v) is 9.30. The summed E-state index contributed by atoms with van der Waals surface area (Å²) in [6.45, 7) is 3.31. The fourth-order valence-corrected chi connectivity index (χ4v) is 4.22. The first-order chi connectivity index (χ1) is 11.7. The molecule has 0 unspecified atom stereocenters. The number of thiazole rings is 1. The van der Waals surface area contributed by atoms with E-state index in [1.807, 2.05) is 36.1 Å². The van der Waals surface area contributed by atoms with E-state index in [2.05, 4.69) is 15.7 Å². The number of hydrogen-bond donors (Lipinski definition) is 1. The number of ether oxygens (including phenoxy) is 1. The fraction of sp³-hybridized carbons (Fsp3) is 0.444. The Morgan fingerprint density at radius 1 is 1.33 bits per heavy atom. The molecule has 126 valence electrons. The lowest BCUT2D eigenvalue weighted by Crippen LogP contribution is -2.52. The van der Waals surface area contributed by atoms with Gasteiger partial charge in [0.15, 0.2) is 0 Å². The molecule has 2 aromatic rings. The second kappa shape index (κ2) is 6.53. The Kier molecular flexibility index (Phi) is 4.24. The molecule has 1 aromatic carbocycles. The molecule has 0 spiro atoms. The predicted molar refractivity (Wildman–Crippen MR) is 95.4 cm³/mol. The van der Waals surface area contributed by atoms with Crippen LogP contribution in [0.25, 0.3) is 11.3 Å². The van der Waals surface area contributed by atoms with Crippen LogP contribution in [0.15, 0.2) is 29.6 Å². The van der Waals surface area contributed by atoms with Crippen LogP contribution in [0, 0.1) is 6.92 Å². The molecule has 24 heavy (non-hydrogen) atoms. The minimum absolute atomic E-state index is 0.0209. The predicted octanol–water partition coefficient (Wildman–Crippen LogP) is 3.90. The van der Waals surface area contributed by atoms with Crippen molar-refractivity contribution in [2.24, 2.45) is 0 Å². The lowest BCUT2D eigenvalue weighted by Gasteiger charge is -2.37. The Balaban J connectivity index is 1.44. The average Bonchev–Trinajstić information content (AvgIpc) is 3.24. The van der Waals surface area contributed by atoms with Gasteiger partial charge < -0.3 is 15.0 Å². The summed E-state index contributed by atoms with van der Waals surface area (Å²) in [5.41, 5.74) is 2.87. The van der Waals surface area contributed by atoms with Gasteiger partial charge in [-0.1, -0.05) is 12.1 Å². The maximum Gasteiger partial charge on any atom is 0.322 e. The quantitative estimate of drug-likeness (QED) is 0.899. The molecular weight excluding hydrogens is 322 g/mol. The number of benzene rings is 1. The van der Waals surface area contributed by atoms with Crippen molar-refractivity contribution in [3.05, 3.63) is 34.7 Å². The first kappa shape index (κ1) is 15.6. The van der Waals surface area contributed by atoms with Crippen molar-refractivity contribution in [2.45, 2.75) is 38.3 Å². The van der Waals surface area contributed by atoms with E-state index in [1.165, 1.54) is 0 Å². The zero-order valence-electron chi connectivity index (χ0n) is 13.7.